The van der Waals surface area contributed by atoms with E-state index in [1.54, 1.807) is 24.4 Å². The number of amides is 2. The van der Waals surface area contributed by atoms with Crippen molar-refractivity contribution < 1.29 is 18.8 Å². The smallest absolute Gasteiger partial charge is 0.316 e. The number of ether oxygens (including phenoxy) is 1. The zero-order valence-corrected chi connectivity index (χ0v) is 17.4. The van der Waals surface area contributed by atoms with Crippen molar-refractivity contribution in [3.63, 3.8) is 0 Å². The van der Waals surface area contributed by atoms with Gasteiger partial charge in [0.05, 0.1) is 11.2 Å². The van der Waals surface area contributed by atoms with Gasteiger partial charge in [-0.2, -0.15) is 10.1 Å². The van der Waals surface area contributed by atoms with E-state index in [4.69, 9.17) is 32.5 Å². The van der Waals surface area contributed by atoms with Gasteiger partial charge >= 0.3 is 11.8 Å². The predicted molar refractivity (Wildman–Crippen MR) is 108 cm³/mol. The summed E-state index contributed by atoms with van der Waals surface area (Å²) < 4.78 is 11.8. The average Bonchev–Trinajstić information content (AvgIpc) is 3.35. The third kappa shape index (κ3) is 6.19. The van der Waals surface area contributed by atoms with Gasteiger partial charge in [0.2, 0.25) is 0 Å². The van der Waals surface area contributed by atoms with Crippen LogP contribution in [-0.2, 0) is 11.3 Å². The molecule has 10 nitrogen and oxygen atoms in total. The number of nitrogens with one attached hydrogen (secondary N) is 2. The molecule has 0 spiro atoms. The second kappa shape index (κ2) is 10.1. The summed E-state index contributed by atoms with van der Waals surface area (Å²) in [6.45, 7) is 2.29. The van der Waals surface area contributed by atoms with E-state index in [-0.39, 0.29) is 43.9 Å². The van der Waals surface area contributed by atoms with Gasteiger partial charge in [0, 0.05) is 24.3 Å². The van der Waals surface area contributed by atoms with Crippen LogP contribution in [0, 0.1) is 6.92 Å². The van der Waals surface area contributed by atoms with E-state index >= 15 is 0 Å². The van der Waals surface area contributed by atoms with E-state index < -0.39 is 5.91 Å². The van der Waals surface area contributed by atoms with Crippen LogP contribution in [0.2, 0.25) is 10.0 Å². The summed E-state index contributed by atoms with van der Waals surface area (Å²) >= 11 is 11.7. The Balaban J connectivity index is 1.35. The first-order chi connectivity index (χ1) is 14.4. The fourth-order valence-electron chi connectivity index (χ4n) is 2.34. The Morgan fingerprint density at radius 1 is 1.23 bits per heavy atom. The molecule has 2 amide bonds. The van der Waals surface area contributed by atoms with Crippen LogP contribution in [0.5, 0.6) is 5.75 Å². The second-order valence-corrected chi connectivity index (χ2v) is 7.02. The fraction of sp³-hybridized carbons (Fsp3) is 0.278. The number of carbonyl (C=O) groups is 2. The molecule has 3 aromatic rings. The quantitative estimate of drug-likeness (QED) is 0.474. The van der Waals surface area contributed by atoms with Gasteiger partial charge in [-0.15, -0.1) is 0 Å². The highest BCUT2D eigenvalue weighted by Crippen LogP contribution is 2.20. The molecular formula is C18H18Cl2N6O4. The molecule has 2 N–H and O–H groups in total. The van der Waals surface area contributed by atoms with Crippen LogP contribution >= 0.6 is 23.2 Å². The molecule has 0 aliphatic heterocycles. The molecule has 0 unspecified atom stereocenters. The largest absolute Gasteiger partial charge is 0.484 e. The molecule has 0 saturated carbocycles. The third-order valence-electron chi connectivity index (χ3n) is 3.80. The van der Waals surface area contributed by atoms with Crippen molar-refractivity contribution in [2.75, 3.05) is 19.7 Å². The lowest BCUT2D eigenvalue weighted by molar-refractivity contribution is -0.123. The van der Waals surface area contributed by atoms with E-state index in [2.05, 4.69) is 25.9 Å². The van der Waals surface area contributed by atoms with Crippen molar-refractivity contribution in [2.45, 2.75) is 13.5 Å². The van der Waals surface area contributed by atoms with Crippen LogP contribution in [0.1, 0.15) is 22.1 Å². The topological polar surface area (TPSA) is 124 Å². The lowest BCUT2D eigenvalue weighted by Crippen LogP contribution is -2.36. The molecule has 2 heterocycles. The molecule has 30 heavy (non-hydrogen) atoms. The summed E-state index contributed by atoms with van der Waals surface area (Å²) in [4.78, 5) is 27.9. The number of aromatic nitrogens is 4. The Bertz CT molecular complexity index is 1040. The molecule has 0 bridgehead atoms. The van der Waals surface area contributed by atoms with Crippen molar-refractivity contribution in [3.05, 3.63) is 57.9 Å². The van der Waals surface area contributed by atoms with Crippen molar-refractivity contribution in [1.82, 2.24) is 30.6 Å². The Labute approximate surface area is 181 Å². The number of carbonyl (C=O) groups excluding carboxylic acids is 2. The summed E-state index contributed by atoms with van der Waals surface area (Å²) in [6.07, 6.45) is 3.07. The Morgan fingerprint density at radius 2 is 2.03 bits per heavy atom. The van der Waals surface area contributed by atoms with Crippen molar-refractivity contribution >= 4 is 35.0 Å². The van der Waals surface area contributed by atoms with E-state index in [1.165, 1.54) is 10.9 Å². The van der Waals surface area contributed by atoms with Crippen LogP contribution in [0.3, 0.4) is 0 Å². The zero-order chi connectivity index (χ0) is 21.5. The molecule has 0 aliphatic rings. The fourth-order valence-corrected chi connectivity index (χ4v) is 2.61. The maximum Gasteiger partial charge on any atom is 0.316 e. The first-order valence-corrected chi connectivity index (χ1v) is 9.60. The molecule has 0 atom stereocenters. The van der Waals surface area contributed by atoms with Crippen LogP contribution in [0.15, 0.2) is 35.1 Å². The van der Waals surface area contributed by atoms with Crippen LogP contribution in [0.4, 0.5) is 0 Å². The lowest BCUT2D eigenvalue weighted by atomic mass is 10.2. The molecule has 0 saturated heterocycles. The van der Waals surface area contributed by atoms with Gasteiger partial charge in [-0.25, -0.2) is 0 Å². The Hall–Kier alpha value is -3.11. The van der Waals surface area contributed by atoms with Crippen LogP contribution in [0.25, 0.3) is 0 Å². The van der Waals surface area contributed by atoms with Gasteiger partial charge in [-0.1, -0.05) is 28.4 Å². The maximum atomic E-state index is 12.0. The SMILES string of the molecule is Cc1cc(OCC(=O)NCCNC(=O)c2nc(Cn3cc(Cl)cn3)no2)ccc1Cl. The number of nitrogens with zero attached hydrogens (tertiary/aromatic N) is 4. The summed E-state index contributed by atoms with van der Waals surface area (Å²) in [7, 11) is 0. The van der Waals surface area contributed by atoms with Gasteiger partial charge in [-0.3, -0.25) is 14.3 Å². The van der Waals surface area contributed by atoms with E-state index in [0.717, 1.165) is 5.56 Å². The normalized spacial score (nSPS) is 10.6. The predicted octanol–water partition coefficient (Wildman–Crippen LogP) is 1.85. The summed E-state index contributed by atoms with van der Waals surface area (Å²) in [5.74, 6) is -0.229. The van der Waals surface area contributed by atoms with Crippen molar-refractivity contribution in [1.29, 1.82) is 0 Å². The first kappa shape index (κ1) is 21.6. The van der Waals surface area contributed by atoms with E-state index in [0.29, 0.717) is 15.8 Å². The zero-order valence-electron chi connectivity index (χ0n) is 15.9. The molecule has 0 radical (unpaired) electrons. The minimum absolute atomic E-state index is 0.153. The molecule has 158 valence electrons. The minimum Gasteiger partial charge on any atom is -0.484 e. The van der Waals surface area contributed by atoms with Crippen molar-refractivity contribution in [2.24, 2.45) is 0 Å². The highest BCUT2D eigenvalue weighted by atomic mass is 35.5. The highest BCUT2D eigenvalue weighted by molar-refractivity contribution is 6.31. The molecule has 0 aliphatic carbocycles. The van der Waals surface area contributed by atoms with Crippen LogP contribution in [-0.4, -0.2) is 51.4 Å². The third-order valence-corrected chi connectivity index (χ3v) is 4.42. The minimum atomic E-state index is -0.547. The number of halogens is 2. The van der Waals surface area contributed by atoms with Gasteiger partial charge in [0.1, 0.15) is 12.3 Å². The molecule has 3 rings (SSSR count). The molecular weight excluding hydrogens is 435 g/mol. The average molecular weight is 453 g/mol. The van der Waals surface area contributed by atoms with E-state index in [1.807, 2.05) is 6.92 Å². The lowest BCUT2D eigenvalue weighted by Gasteiger charge is -2.08. The Morgan fingerprint density at radius 3 is 2.77 bits per heavy atom. The molecule has 2 aromatic heterocycles. The van der Waals surface area contributed by atoms with E-state index in [9.17, 15) is 9.59 Å². The summed E-state index contributed by atoms with van der Waals surface area (Å²) in [6, 6.07) is 5.13. The van der Waals surface area contributed by atoms with Crippen molar-refractivity contribution in [3.8, 4) is 5.75 Å². The maximum absolute atomic E-state index is 12.0. The number of benzene rings is 1. The van der Waals surface area contributed by atoms with Gasteiger partial charge in [0.15, 0.2) is 12.4 Å². The molecule has 12 heteroatoms. The van der Waals surface area contributed by atoms with Crippen LogP contribution < -0.4 is 15.4 Å². The number of rotatable bonds is 9. The summed E-state index contributed by atoms with van der Waals surface area (Å²) in [5.41, 5.74) is 0.856. The monoisotopic (exact) mass is 452 g/mol. The van der Waals surface area contributed by atoms with Gasteiger partial charge in [-0.05, 0) is 30.7 Å². The van der Waals surface area contributed by atoms with Gasteiger partial charge in [0.25, 0.3) is 5.91 Å². The first-order valence-electron chi connectivity index (χ1n) is 8.85. The standard InChI is InChI=1S/C18H18Cl2N6O4/c1-11-6-13(2-3-14(11)20)29-10-16(27)21-4-5-22-17(28)18-24-15(25-30-18)9-26-8-12(19)7-23-26/h2-3,6-8H,4-5,9-10H2,1H3,(H,21,27)(H,22,28). The summed E-state index contributed by atoms with van der Waals surface area (Å²) in [5, 5.41) is 14.0. The van der Waals surface area contributed by atoms with Gasteiger partial charge < -0.3 is 19.9 Å². The second-order valence-electron chi connectivity index (χ2n) is 6.18. The number of hydrogen-bond donors (Lipinski definition) is 2. The number of hydrogen-bond acceptors (Lipinski definition) is 7. The highest BCUT2D eigenvalue weighted by Gasteiger charge is 2.15. The Kier molecular flexibility index (Phi) is 7.26. The number of aryl methyl sites for hydroxylation is 1. The molecule has 0 fully saturated rings. The molecule has 1 aromatic carbocycles.